The zero-order chi connectivity index (χ0) is 10.1. The van der Waals surface area contributed by atoms with E-state index < -0.39 is 27.0 Å². The van der Waals surface area contributed by atoms with Gasteiger partial charge in [0.05, 0.1) is 0 Å². The van der Waals surface area contributed by atoms with Crippen molar-refractivity contribution in [3.8, 4) is 0 Å². The van der Waals surface area contributed by atoms with Crippen LogP contribution in [0.3, 0.4) is 0 Å². The maximum atomic E-state index is 12.2. The number of nitrogens with zero attached hydrogens (tertiary/aromatic N) is 1. The summed E-state index contributed by atoms with van der Waals surface area (Å²) >= 11 is 0. The van der Waals surface area contributed by atoms with Crippen molar-refractivity contribution in [2.75, 3.05) is 0 Å². The van der Waals surface area contributed by atoms with E-state index in [1.54, 1.807) is 0 Å². The first-order valence-corrected chi connectivity index (χ1v) is 4.73. The molecule has 0 unspecified atom stereocenters. The maximum absolute atomic E-state index is 12.2. The first kappa shape index (κ1) is 10.0. The van der Waals surface area contributed by atoms with Crippen LogP contribution in [0.25, 0.3) is 0 Å². The zero-order valence-corrected chi connectivity index (χ0v) is 7.13. The Morgan fingerprint density at radius 3 is 2.46 bits per heavy atom. The van der Waals surface area contributed by atoms with Gasteiger partial charge in [-0.15, -0.1) is 0 Å². The second-order valence-corrected chi connectivity index (χ2v) is 3.76. The predicted octanol–water partition coefficient (Wildman–Crippen LogP) is 0.667. The molecule has 72 valence electrons. The minimum absolute atomic E-state index is 0.634. The lowest BCUT2D eigenvalue weighted by Crippen LogP contribution is -2.15. The van der Waals surface area contributed by atoms with Crippen molar-refractivity contribution in [3.63, 3.8) is 0 Å². The van der Waals surface area contributed by atoms with Gasteiger partial charge in [0.25, 0.3) is 6.43 Å². The van der Waals surface area contributed by atoms with Gasteiger partial charge in [0.15, 0.2) is 0 Å². The van der Waals surface area contributed by atoms with Crippen LogP contribution < -0.4 is 5.14 Å². The predicted molar refractivity (Wildman–Crippen MR) is 40.6 cm³/mol. The molecule has 0 amide bonds. The van der Waals surface area contributed by atoms with Crippen molar-refractivity contribution in [3.05, 3.63) is 24.0 Å². The van der Waals surface area contributed by atoms with Gasteiger partial charge in [-0.25, -0.2) is 22.3 Å². The minimum atomic E-state index is -4.12. The Hall–Kier alpha value is -1.08. The molecule has 0 saturated carbocycles. The number of aromatic nitrogens is 1. The van der Waals surface area contributed by atoms with Crippen molar-refractivity contribution in [1.29, 1.82) is 0 Å². The third kappa shape index (κ3) is 2.19. The smallest absolute Gasteiger partial charge is 0.254 e. The summed E-state index contributed by atoms with van der Waals surface area (Å²) in [6.45, 7) is 0. The highest BCUT2D eigenvalue weighted by molar-refractivity contribution is 7.89. The van der Waals surface area contributed by atoms with E-state index in [0.29, 0.717) is 0 Å². The average molecular weight is 208 g/mol. The summed E-state index contributed by atoms with van der Waals surface area (Å²) in [7, 11) is -4.12. The summed E-state index contributed by atoms with van der Waals surface area (Å²) in [4.78, 5) is 2.60. The lowest BCUT2D eigenvalue weighted by Gasteiger charge is -2.03. The first-order chi connectivity index (χ1) is 5.93. The lowest BCUT2D eigenvalue weighted by molar-refractivity contribution is 0.142. The molecule has 0 spiro atoms. The number of rotatable bonds is 2. The van der Waals surface area contributed by atoms with Crippen LogP contribution in [-0.2, 0) is 10.0 Å². The van der Waals surface area contributed by atoms with Crippen LogP contribution in [0.5, 0.6) is 0 Å². The van der Waals surface area contributed by atoms with E-state index in [2.05, 4.69) is 4.98 Å². The molecule has 0 aliphatic carbocycles. The van der Waals surface area contributed by atoms with Gasteiger partial charge in [0.2, 0.25) is 10.0 Å². The highest BCUT2D eigenvalue weighted by Gasteiger charge is 2.20. The molecular formula is C6H6F2N2O2S. The molecule has 7 heteroatoms. The molecule has 4 nitrogen and oxygen atoms in total. The van der Waals surface area contributed by atoms with E-state index in [4.69, 9.17) is 5.14 Å². The Kier molecular flexibility index (Phi) is 2.58. The van der Waals surface area contributed by atoms with E-state index in [1.165, 1.54) is 6.07 Å². The van der Waals surface area contributed by atoms with E-state index in [1.807, 2.05) is 0 Å². The van der Waals surface area contributed by atoms with Gasteiger partial charge in [-0.3, -0.25) is 4.98 Å². The van der Waals surface area contributed by atoms with Crippen LogP contribution in [0.15, 0.2) is 23.2 Å². The molecule has 1 heterocycles. The number of hydrogen-bond donors (Lipinski definition) is 1. The topological polar surface area (TPSA) is 73.1 Å². The van der Waals surface area contributed by atoms with Crippen molar-refractivity contribution in [2.24, 2.45) is 5.14 Å². The van der Waals surface area contributed by atoms with Crippen LogP contribution in [0, 0.1) is 0 Å². The molecule has 0 atom stereocenters. The van der Waals surface area contributed by atoms with Crippen LogP contribution in [-0.4, -0.2) is 13.4 Å². The maximum Gasteiger partial charge on any atom is 0.281 e. The van der Waals surface area contributed by atoms with Gasteiger partial charge < -0.3 is 0 Å². The lowest BCUT2D eigenvalue weighted by atomic mass is 10.4. The highest BCUT2D eigenvalue weighted by atomic mass is 32.2. The molecule has 0 bridgehead atoms. The Labute approximate surface area is 73.4 Å². The number of primary sulfonamides is 1. The number of sulfonamides is 1. The van der Waals surface area contributed by atoms with E-state index in [0.717, 1.165) is 12.3 Å². The Morgan fingerprint density at radius 1 is 1.46 bits per heavy atom. The Morgan fingerprint density at radius 2 is 2.08 bits per heavy atom. The molecule has 1 aromatic rings. The number of alkyl halides is 2. The third-order valence-electron chi connectivity index (χ3n) is 1.31. The number of halogens is 2. The molecular weight excluding hydrogens is 202 g/mol. The summed E-state index contributed by atoms with van der Waals surface area (Å²) in [5.41, 5.74) is -0.815. The van der Waals surface area contributed by atoms with Crippen molar-refractivity contribution in [2.45, 2.75) is 11.3 Å². The second-order valence-electron chi connectivity index (χ2n) is 2.23. The fraction of sp³-hybridized carbons (Fsp3) is 0.167. The second kappa shape index (κ2) is 3.35. The monoisotopic (exact) mass is 208 g/mol. The number of hydrogen-bond acceptors (Lipinski definition) is 3. The summed E-state index contributed by atoms with van der Waals surface area (Å²) < 4.78 is 45.9. The molecule has 0 aliphatic heterocycles. The average Bonchev–Trinajstić information content (AvgIpc) is 2.03. The molecule has 0 fully saturated rings. The largest absolute Gasteiger partial charge is 0.281 e. The van der Waals surface area contributed by atoms with Crippen molar-refractivity contribution < 1.29 is 17.2 Å². The molecule has 2 N–H and O–H groups in total. The van der Waals surface area contributed by atoms with Gasteiger partial charge in [0.1, 0.15) is 10.6 Å². The van der Waals surface area contributed by atoms with Gasteiger partial charge in [-0.1, -0.05) is 0 Å². The Bertz CT molecular complexity index is 405. The standard InChI is InChI=1S/C6H6F2N2O2S/c7-6(8)5-4(13(9,11)12)2-1-3-10-5/h1-3,6H,(H2,9,11,12). The SMILES string of the molecule is NS(=O)(=O)c1cccnc1C(F)F. The fourth-order valence-corrected chi connectivity index (χ4v) is 1.51. The summed E-state index contributed by atoms with van der Waals surface area (Å²) in [6, 6.07) is 2.22. The number of pyridine rings is 1. The summed E-state index contributed by atoms with van der Waals surface area (Å²) in [5.74, 6) is 0. The molecule has 13 heavy (non-hydrogen) atoms. The molecule has 0 aromatic carbocycles. The normalized spacial score (nSPS) is 12.0. The van der Waals surface area contributed by atoms with Crippen LogP contribution in [0.2, 0.25) is 0 Å². The molecule has 0 saturated heterocycles. The third-order valence-corrected chi connectivity index (χ3v) is 2.27. The fourth-order valence-electron chi connectivity index (χ4n) is 0.807. The quantitative estimate of drug-likeness (QED) is 0.776. The van der Waals surface area contributed by atoms with Crippen LogP contribution in [0.4, 0.5) is 8.78 Å². The number of nitrogens with two attached hydrogens (primary N) is 1. The van der Waals surface area contributed by atoms with E-state index >= 15 is 0 Å². The summed E-state index contributed by atoms with van der Waals surface area (Å²) in [5, 5.41) is 4.69. The molecule has 0 radical (unpaired) electrons. The van der Waals surface area contributed by atoms with Crippen LogP contribution >= 0.6 is 0 Å². The highest BCUT2D eigenvalue weighted by Crippen LogP contribution is 2.22. The van der Waals surface area contributed by atoms with Gasteiger partial charge >= 0.3 is 0 Å². The van der Waals surface area contributed by atoms with Gasteiger partial charge in [-0.05, 0) is 12.1 Å². The van der Waals surface area contributed by atoms with Gasteiger partial charge in [0, 0.05) is 6.20 Å². The van der Waals surface area contributed by atoms with Gasteiger partial charge in [-0.2, -0.15) is 0 Å². The first-order valence-electron chi connectivity index (χ1n) is 3.19. The Balaban J connectivity index is 3.37. The molecule has 1 aromatic heterocycles. The van der Waals surface area contributed by atoms with Crippen LogP contribution in [0.1, 0.15) is 12.1 Å². The van der Waals surface area contributed by atoms with E-state index in [-0.39, 0.29) is 0 Å². The zero-order valence-electron chi connectivity index (χ0n) is 6.31. The summed E-state index contributed by atoms with van der Waals surface area (Å²) in [6.07, 6.45) is -1.87. The molecule has 1 rings (SSSR count). The van der Waals surface area contributed by atoms with Crippen molar-refractivity contribution >= 4 is 10.0 Å². The minimum Gasteiger partial charge on any atom is -0.254 e. The van der Waals surface area contributed by atoms with Crippen molar-refractivity contribution in [1.82, 2.24) is 4.98 Å². The van der Waals surface area contributed by atoms with E-state index in [9.17, 15) is 17.2 Å². The molecule has 0 aliphatic rings.